The van der Waals surface area contributed by atoms with E-state index >= 15 is 0 Å². The molecule has 0 spiro atoms. The Morgan fingerprint density at radius 2 is 2.29 bits per heavy atom. The molecule has 1 fully saturated rings. The second-order valence-corrected chi connectivity index (χ2v) is 6.18. The molecular weight excluding hydrogens is 294 g/mol. The van der Waals surface area contributed by atoms with Gasteiger partial charge in [0.2, 0.25) is 11.8 Å². The van der Waals surface area contributed by atoms with Gasteiger partial charge in [-0.3, -0.25) is 4.79 Å². The Hall–Kier alpha value is -1.57. The first-order valence-corrected chi connectivity index (χ1v) is 8.02. The number of hydrogen-bond donors (Lipinski definition) is 1. The van der Waals surface area contributed by atoms with Gasteiger partial charge in [0.1, 0.15) is 6.04 Å². The van der Waals surface area contributed by atoms with Crippen molar-refractivity contribution >= 4 is 23.6 Å². The number of amides is 1. The Morgan fingerprint density at radius 3 is 2.86 bits per heavy atom. The van der Waals surface area contributed by atoms with E-state index in [1.54, 1.807) is 6.92 Å². The number of rotatable bonds is 6. The molecule has 1 aromatic heterocycles. The maximum Gasteiger partial charge on any atom is 0.327 e. The molecule has 1 aromatic rings. The van der Waals surface area contributed by atoms with Gasteiger partial charge in [0.05, 0.1) is 5.37 Å². The second kappa shape index (κ2) is 6.93. The van der Waals surface area contributed by atoms with E-state index in [-0.39, 0.29) is 17.7 Å². The monoisotopic (exact) mass is 313 g/mol. The van der Waals surface area contributed by atoms with Crippen molar-refractivity contribution in [2.75, 3.05) is 5.75 Å². The highest BCUT2D eigenvalue weighted by Gasteiger charge is 2.40. The van der Waals surface area contributed by atoms with E-state index in [4.69, 9.17) is 4.52 Å². The average molecular weight is 313 g/mol. The van der Waals surface area contributed by atoms with Crippen molar-refractivity contribution in [1.29, 1.82) is 0 Å². The smallest absolute Gasteiger partial charge is 0.327 e. The quantitative estimate of drug-likeness (QED) is 0.849. The third kappa shape index (κ3) is 3.75. The number of carboxylic acid groups (broad SMARTS) is 1. The SMILES string of the molecule is CCCC1SCC(C(=O)O)N1C(=O)CCc1nc(C)no1. The van der Waals surface area contributed by atoms with Gasteiger partial charge < -0.3 is 14.5 Å². The highest BCUT2D eigenvalue weighted by atomic mass is 32.2. The standard InChI is InChI=1S/C13H19N3O4S/c1-3-4-12-16(9(7-21-12)13(18)19)11(17)6-5-10-14-8(2)15-20-10/h9,12H,3-7H2,1-2H3,(H,18,19). The van der Waals surface area contributed by atoms with E-state index in [0.29, 0.717) is 23.9 Å². The van der Waals surface area contributed by atoms with E-state index in [1.165, 1.54) is 16.7 Å². The van der Waals surface area contributed by atoms with Crippen LogP contribution in [-0.4, -0.2) is 49.2 Å². The molecule has 0 aromatic carbocycles. The number of carbonyl (C=O) groups excluding carboxylic acids is 1. The third-order valence-electron chi connectivity index (χ3n) is 3.32. The summed E-state index contributed by atoms with van der Waals surface area (Å²) in [5, 5.41) is 12.9. The van der Waals surface area contributed by atoms with Crippen LogP contribution in [0.4, 0.5) is 0 Å². The first-order valence-electron chi connectivity index (χ1n) is 6.97. The molecule has 116 valence electrons. The lowest BCUT2D eigenvalue weighted by atomic mass is 10.2. The van der Waals surface area contributed by atoms with Crippen molar-refractivity contribution in [2.24, 2.45) is 0 Å². The molecule has 2 heterocycles. The van der Waals surface area contributed by atoms with E-state index in [2.05, 4.69) is 10.1 Å². The van der Waals surface area contributed by atoms with Crippen molar-refractivity contribution in [3.05, 3.63) is 11.7 Å². The Labute approximate surface area is 127 Å². The zero-order chi connectivity index (χ0) is 15.4. The van der Waals surface area contributed by atoms with Crippen LogP contribution < -0.4 is 0 Å². The molecule has 1 amide bonds. The van der Waals surface area contributed by atoms with Crippen molar-refractivity contribution < 1.29 is 19.2 Å². The summed E-state index contributed by atoms with van der Waals surface area (Å²) in [5.74, 6) is 0.281. The van der Waals surface area contributed by atoms with Crippen LogP contribution in [0.1, 0.15) is 37.9 Å². The zero-order valence-corrected chi connectivity index (χ0v) is 12.9. The van der Waals surface area contributed by atoms with Gasteiger partial charge in [-0.1, -0.05) is 18.5 Å². The minimum Gasteiger partial charge on any atom is -0.480 e. The van der Waals surface area contributed by atoms with Gasteiger partial charge in [0.25, 0.3) is 0 Å². The summed E-state index contributed by atoms with van der Waals surface area (Å²) in [4.78, 5) is 29.2. The normalized spacial score (nSPS) is 21.7. The number of carboxylic acids is 1. The fraction of sp³-hybridized carbons (Fsp3) is 0.692. The third-order valence-corrected chi connectivity index (χ3v) is 4.68. The molecule has 2 unspecified atom stereocenters. The van der Waals surface area contributed by atoms with Crippen molar-refractivity contribution in [3.8, 4) is 0 Å². The van der Waals surface area contributed by atoms with Crippen LogP contribution in [0.2, 0.25) is 0 Å². The number of aryl methyl sites for hydroxylation is 2. The molecule has 0 saturated carbocycles. The highest BCUT2D eigenvalue weighted by molar-refractivity contribution is 8.00. The number of thioether (sulfide) groups is 1. The number of aliphatic carboxylic acids is 1. The maximum absolute atomic E-state index is 12.4. The van der Waals surface area contributed by atoms with Gasteiger partial charge in [-0.15, -0.1) is 11.8 Å². The van der Waals surface area contributed by atoms with Gasteiger partial charge >= 0.3 is 5.97 Å². The number of carbonyl (C=O) groups is 2. The second-order valence-electron chi connectivity index (χ2n) is 4.97. The molecule has 1 N–H and O–H groups in total. The molecule has 8 heteroatoms. The molecular formula is C13H19N3O4S. The van der Waals surface area contributed by atoms with Crippen LogP contribution >= 0.6 is 11.8 Å². The zero-order valence-electron chi connectivity index (χ0n) is 12.1. The van der Waals surface area contributed by atoms with E-state index in [0.717, 1.165) is 12.8 Å². The molecule has 2 rings (SSSR count). The molecule has 1 aliphatic heterocycles. The number of nitrogens with zero attached hydrogens (tertiary/aromatic N) is 3. The molecule has 1 saturated heterocycles. The van der Waals surface area contributed by atoms with Crippen LogP contribution in [-0.2, 0) is 16.0 Å². The van der Waals surface area contributed by atoms with Crippen LogP contribution in [0.3, 0.4) is 0 Å². The molecule has 1 aliphatic rings. The minimum absolute atomic E-state index is 0.0481. The molecule has 0 bridgehead atoms. The van der Waals surface area contributed by atoms with Crippen LogP contribution in [0.25, 0.3) is 0 Å². The van der Waals surface area contributed by atoms with Gasteiger partial charge in [-0.25, -0.2) is 4.79 Å². The lowest BCUT2D eigenvalue weighted by Gasteiger charge is -2.27. The summed E-state index contributed by atoms with van der Waals surface area (Å²) in [7, 11) is 0. The summed E-state index contributed by atoms with van der Waals surface area (Å²) in [6, 6.07) is -0.733. The van der Waals surface area contributed by atoms with Crippen molar-refractivity contribution in [1.82, 2.24) is 15.0 Å². The topological polar surface area (TPSA) is 96.5 Å². The fourth-order valence-corrected chi connectivity index (χ4v) is 3.88. The van der Waals surface area contributed by atoms with Gasteiger partial charge in [-0.2, -0.15) is 4.98 Å². The van der Waals surface area contributed by atoms with Crippen LogP contribution in [0.15, 0.2) is 4.52 Å². The van der Waals surface area contributed by atoms with Gasteiger partial charge in [0, 0.05) is 18.6 Å². The lowest BCUT2D eigenvalue weighted by Crippen LogP contribution is -2.45. The van der Waals surface area contributed by atoms with Crippen LogP contribution in [0, 0.1) is 6.92 Å². The van der Waals surface area contributed by atoms with Crippen LogP contribution in [0.5, 0.6) is 0 Å². The van der Waals surface area contributed by atoms with E-state index < -0.39 is 12.0 Å². The predicted octanol–water partition coefficient (Wildman–Crippen LogP) is 1.47. The molecule has 0 radical (unpaired) electrons. The molecule has 7 nitrogen and oxygen atoms in total. The molecule has 21 heavy (non-hydrogen) atoms. The fourth-order valence-electron chi connectivity index (χ4n) is 2.34. The highest BCUT2D eigenvalue weighted by Crippen LogP contribution is 2.32. The largest absolute Gasteiger partial charge is 0.480 e. The number of aromatic nitrogens is 2. The Balaban J connectivity index is 2.00. The first-order chi connectivity index (χ1) is 10.0. The van der Waals surface area contributed by atoms with Crippen molar-refractivity contribution in [2.45, 2.75) is 50.9 Å². The Morgan fingerprint density at radius 1 is 1.52 bits per heavy atom. The summed E-state index contributed by atoms with van der Waals surface area (Å²) in [5.41, 5.74) is 0. The van der Waals surface area contributed by atoms with E-state index in [9.17, 15) is 14.7 Å². The summed E-state index contributed by atoms with van der Waals surface area (Å²) in [6.45, 7) is 3.74. The molecule has 2 atom stereocenters. The summed E-state index contributed by atoms with van der Waals surface area (Å²) in [6.07, 6.45) is 2.24. The Bertz CT molecular complexity index is 519. The predicted molar refractivity (Wildman–Crippen MR) is 76.8 cm³/mol. The van der Waals surface area contributed by atoms with E-state index in [1.807, 2.05) is 6.92 Å². The summed E-state index contributed by atoms with van der Waals surface area (Å²) < 4.78 is 4.97. The molecule has 0 aliphatic carbocycles. The average Bonchev–Trinajstić information content (AvgIpc) is 3.03. The Kier molecular flexibility index (Phi) is 5.22. The minimum atomic E-state index is -0.942. The first kappa shape index (κ1) is 15.8. The van der Waals surface area contributed by atoms with Gasteiger partial charge in [-0.05, 0) is 13.3 Å². The van der Waals surface area contributed by atoms with Crippen molar-refractivity contribution in [3.63, 3.8) is 0 Å². The lowest BCUT2D eigenvalue weighted by molar-refractivity contribution is -0.149. The number of hydrogen-bond acceptors (Lipinski definition) is 6. The maximum atomic E-state index is 12.4. The summed E-state index contributed by atoms with van der Waals surface area (Å²) >= 11 is 1.54. The van der Waals surface area contributed by atoms with Gasteiger partial charge in [0.15, 0.2) is 5.82 Å².